The van der Waals surface area contributed by atoms with Gasteiger partial charge in [0.25, 0.3) is 5.91 Å². The van der Waals surface area contributed by atoms with Gasteiger partial charge >= 0.3 is 0 Å². The van der Waals surface area contributed by atoms with Gasteiger partial charge < -0.3 is 10.6 Å². The van der Waals surface area contributed by atoms with Crippen molar-refractivity contribution in [1.29, 1.82) is 0 Å². The second kappa shape index (κ2) is 6.41. The van der Waals surface area contributed by atoms with E-state index in [-0.39, 0.29) is 5.91 Å². The fraction of sp³-hybridized carbons (Fsp3) is 0.333. The fourth-order valence-corrected chi connectivity index (χ4v) is 2.83. The molecule has 0 saturated carbocycles. The Balaban J connectivity index is 1.65. The predicted molar refractivity (Wildman–Crippen MR) is 84.6 cm³/mol. The molecule has 0 spiro atoms. The molecule has 1 unspecified atom stereocenters. The van der Waals surface area contributed by atoms with Crippen molar-refractivity contribution in [3.05, 3.63) is 46.7 Å². The summed E-state index contributed by atoms with van der Waals surface area (Å²) in [5.41, 5.74) is 1.36. The molecule has 21 heavy (non-hydrogen) atoms. The number of halogens is 1. The molecule has 110 valence electrons. The highest BCUT2D eigenvalue weighted by Crippen LogP contribution is 2.15. The third kappa shape index (κ3) is 3.51. The molecular formula is C15H17BrN4O. The Morgan fingerprint density at radius 3 is 3.14 bits per heavy atom. The van der Waals surface area contributed by atoms with E-state index < -0.39 is 0 Å². The number of amides is 1. The number of hydrogen-bond donors (Lipinski definition) is 2. The number of carbonyl (C=O) groups is 1. The monoisotopic (exact) mass is 348 g/mol. The van der Waals surface area contributed by atoms with E-state index in [1.165, 1.54) is 6.42 Å². The third-order valence-corrected chi connectivity index (χ3v) is 4.06. The molecule has 5 nitrogen and oxygen atoms in total. The number of benzene rings is 1. The first-order valence-corrected chi connectivity index (χ1v) is 7.85. The summed E-state index contributed by atoms with van der Waals surface area (Å²) in [6, 6.07) is 9.92. The van der Waals surface area contributed by atoms with Crippen LogP contribution in [-0.4, -0.2) is 34.8 Å². The van der Waals surface area contributed by atoms with Crippen molar-refractivity contribution in [1.82, 2.24) is 20.4 Å². The van der Waals surface area contributed by atoms with Crippen LogP contribution in [0.4, 0.5) is 0 Å². The lowest BCUT2D eigenvalue weighted by Crippen LogP contribution is -2.37. The molecule has 1 atom stereocenters. The number of hydrogen-bond acceptors (Lipinski definition) is 3. The molecule has 2 heterocycles. The van der Waals surface area contributed by atoms with Gasteiger partial charge in [0.05, 0.1) is 5.69 Å². The van der Waals surface area contributed by atoms with Gasteiger partial charge in [-0.25, -0.2) is 4.68 Å². The average molecular weight is 349 g/mol. The van der Waals surface area contributed by atoms with Gasteiger partial charge in [0.1, 0.15) is 0 Å². The molecule has 0 radical (unpaired) electrons. The zero-order valence-corrected chi connectivity index (χ0v) is 13.1. The van der Waals surface area contributed by atoms with E-state index in [1.807, 2.05) is 24.3 Å². The Bertz CT molecular complexity index is 634. The molecule has 1 aromatic carbocycles. The quantitative estimate of drug-likeness (QED) is 0.889. The van der Waals surface area contributed by atoms with Crippen LogP contribution in [0.15, 0.2) is 41.0 Å². The summed E-state index contributed by atoms with van der Waals surface area (Å²) < 4.78 is 2.68. The highest BCUT2D eigenvalue weighted by molar-refractivity contribution is 9.10. The van der Waals surface area contributed by atoms with Crippen LogP contribution in [0.3, 0.4) is 0 Å². The van der Waals surface area contributed by atoms with Crippen LogP contribution < -0.4 is 10.6 Å². The van der Waals surface area contributed by atoms with Gasteiger partial charge in [-0.15, -0.1) is 0 Å². The van der Waals surface area contributed by atoms with Gasteiger partial charge in [-0.3, -0.25) is 4.79 Å². The number of nitrogens with one attached hydrogen (secondary N) is 2. The lowest BCUT2D eigenvalue weighted by Gasteiger charge is -2.10. The van der Waals surface area contributed by atoms with Crippen molar-refractivity contribution >= 4 is 21.8 Å². The summed E-state index contributed by atoms with van der Waals surface area (Å²) in [5.74, 6) is -0.127. The minimum atomic E-state index is -0.127. The molecule has 1 amide bonds. The topological polar surface area (TPSA) is 59.0 Å². The van der Waals surface area contributed by atoms with Crippen molar-refractivity contribution in [3.63, 3.8) is 0 Å². The molecule has 0 aliphatic carbocycles. The predicted octanol–water partition coefficient (Wildman–Crippen LogP) is 2.12. The van der Waals surface area contributed by atoms with E-state index >= 15 is 0 Å². The zero-order chi connectivity index (χ0) is 14.7. The Morgan fingerprint density at radius 1 is 1.48 bits per heavy atom. The Morgan fingerprint density at radius 2 is 2.38 bits per heavy atom. The SMILES string of the molecule is O=C(NCC1CCCN1)c1ccn(-c2cccc(Br)c2)n1. The van der Waals surface area contributed by atoms with Gasteiger partial charge in [-0.2, -0.15) is 5.10 Å². The number of nitrogens with zero attached hydrogens (tertiary/aromatic N) is 2. The molecule has 1 fully saturated rings. The lowest BCUT2D eigenvalue weighted by atomic mass is 10.2. The number of aromatic nitrogens is 2. The van der Waals surface area contributed by atoms with Gasteiger partial charge in [0.15, 0.2) is 5.69 Å². The van der Waals surface area contributed by atoms with Crippen LogP contribution in [0.1, 0.15) is 23.3 Å². The standard InChI is InChI=1S/C15H17BrN4O/c16-11-3-1-5-13(9-11)20-8-6-14(19-20)15(21)18-10-12-4-2-7-17-12/h1,3,5-6,8-9,12,17H,2,4,7,10H2,(H,18,21). The molecule has 0 bridgehead atoms. The minimum Gasteiger partial charge on any atom is -0.349 e. The van der Waals surface area contributed by atoms with Crippen LogP contribution in [0, 0.1) is 0 Å². The molecular weight excluding hydrogens is 332 g/mol. The van der Waals surface area contributed by atoms with Gasteiger partial charge in [0, 0.05) is 23.3 Å². The second-order valence-electron chi connectivity index (χ2n) is 5.13. The normalized spacial score (nSPS) is 17.9. The number of carbonyl (C=O) groups excluding carboxylic acids is 1. The molecule has 1 saturated heterocycles. The Kier molecular flexibility index (Phi) is 4.36. The van der Waals surface area contributed by atoms with E-state index in [2.05, 4.69) is 31.7 Å². The van der Waals surface area contributed by atoms with Crippen molar-refractivity contribution in [2.75, 3.05) is 13.1 Å². The molecule has 1 aliphatic heterocycles. The zero-order valence-electron chi connectivity index (χ0n) is 11.6. The maximum absolute atomic E-state index is 12.1. The summed E-state index contributed by atoms with van der Waals surface area (Å²) in [5, 5.41) is 10.6. The van der Waals surface area contributed by atoms with E-state index in [1.54, 1.807) is 16.9 Å². The van der Waals surface area contributed by atoms with Crippen molar-refractivity contribution < 1.29 is 4.79 Å². The van der Waals surface area contributed by atoms with Gasteiger partial charge in [-0.1, -0.05) is 22.0 Å². The van der Waals surface area contributed by atoms with Gasteiger partial charge in [0.2, 0.25) is 0 Å². The fourth-order valence-electron chi connectivity index (χ4n) is 2.44. The Hall–Kier alpha value is -1.66. The maximum atomic E-state index is 12.1. The van der Waals surface area contributed by atoms with Crippen LogP contribution in [0.5, 0.6) is 0 Å². The second-order valence-corrected chi connectivity index (χ2v) is 6.04. The average Bonchev–Trinajstić information content (AvgIpc) is 3.16. The maximum Gasteiger partial charge on any atom is 0.271 e. The molecule has 1 aromatic heterocycles. The van der Waals surface area contributed by atoms with Gasteiger partial charge in [-0.05, 0) is 43.7 Å². The van der Waals surface area contributed by atoms with E-state index in [0.717, 1.165) is 23.1 Å². The smallest absolute Gasteiger partial charge is 0.271 e. The summed E-state index contributed by atoms with van der Waals surface area (Å²) in [6.07, 6.45) is 4.09. The minimum absolute atomic E-state index is 0.127. The molecule has 2 N–H and O–H groups in total. The summed E-state index contributed by atoms with van der Waals surface area (Å²) >= 11 is 3.43. The summed E-state index contributed by atoms with van der Waals surface area (Å²) in [6.45, 7) is 1.70. The Labute approximate surface area is 131 Å². The summed E-state index contributed by atoms with van der Waals surface area (Å²) in [7, 11) is 0. The van der Waals surface area contributed by atoms with E-state index in [9.17, 15) is 4.79 Å². The summed E-state index contributed by atoms with van der Waals surface area (Å²) in [4.78, 5) is 12.1. The van der Waals surface area contributed by atoms with E-state index in [4.69, 9.17) is 0 Å². The lowest BCUT2D eigenvalue weighted by molar-refractivity contribution is 0.0945. The molecule has 2 aromatic rings. The number of rotatable bonds is 4. The molecule has 6 heteroatoms. The highest BCUT2D eigenvalue weighted by Gasteiger charge is 2.16. The van der Waals surface area contributed by atoms with Crippen molar-refractivity contribution in [2.45, 2.75) is 18.9 Å². The largest absolute Gasteiger partial charge is 0.349 e. The molecule has 1 aliphatic rings. The van der Waals surface area contributed by atoms with E-state index in [0.29, 0.717) is 18.3 Å². The van der Waals surface area contributed by atoms with Crippen LogP contribution in [0.2, 0.25) is 0 Å². The highest BCUT2D eigenvalue weighted by atomic mass is 79.9. The third-order valence-electron chi connectivity index (χ3n) is 3.57. The first-order valence-electron chi connectivity index (χ1n) is 7.05. The first-order chi connectivity index (χ1) is 10.2. The van der Waals surface area contributed by atoms with Crippen LogP contribution >= 0.6 is 15.9 Å². The van der Waals surface area contributed by atoms with Crippen molar-refractivity contribution in [2.24, 2.45) is 0 Å². The van der Waals surface area contributed by atoms with Crippen LogP contribution in [-0.2, 0) is 0 Å². The van der Waals surface area contributed by atoms with Crippen molar-refractivity contribution in [3.8, 4) is 5.69 Å². The first kappa shape index (κ1) is 14.3. The molecule has 3 rings (SSSR count). The van der Waals surface area contributed by atoms with Crippen LogP contribution in [0.25, 0.3) is 5.69 Å².